The van der Waals surface area contributed by atoms with E-state index in [1.54, 1.807) is 20.8 Å². The molecule has 0 spiro atoms. The Kier molecular flexibility index (Phi) is 7.96. The van der Waals surface area contributed by atoms with Gasteiger partial charge in [0.2, 0.25) is 5.91 Å². The van der Waals surface area contributed by atoms with E-state index in [1.165, 1.54) is 0 Å². The minimum atomic E-state index is -0.678. The van der Waals surface area contributed by atoms with Gasteiger partial charge in [0.1, 0.15) is 11.6 Å². The number of nitrogens with one attached hydrogen (secondary N) is 3. The number of aliphatic hydroxyl groups is 1. The maximum Gasteiger partial charge on any atom is 0.408 e. The Morgan fingerprint density at radius 3 is 2.58 bits per heavy atom. The molecule has 1 heterocycles. The predicted molar refractivity (Wildman–Crippen MR) is 92.7 cm³/mol. The second kappa shape index (κ2) is 9.22. The highest BCUT2D eigenvalue weighted by Crippen LogP contribution is 2.11. The number of hydrogen-bond acceptors (Lipinski definition) is 5. The lowest BCUT2D eigenvalue weighted by Gasteiger charge is -2.27. The van der Waals surface area contributed by atoms with Crippen molar-refractivity contribution in [1.82, 2.24) is 16.0 Å². The summed E-state index contributed by atoms with van der Waals surface area (Å²) in [6, 6.07) is -0.981. The molecule has 0 aromatic carbocycles. The molecule has 1 rings (SSSR count). The summed E-state index contributed by atoms with van der Waals surface area (Å²) < 4.78 is 5.24. The van der Waals surface area contributed by atoms with E-state index < -0.39 is 23.8 Å². The summed E-state index contributed by atoms with van der Waals surface area (Å²) in [5.74, 6) is -0.0445. The minimum Gasteiger partial charge on any atom is -0.444 e. The summed E-state index contributed by atoms with van der Waals surface area (Å²) in [5, 5.41) is 18.8. The van der Waals surface area contributed by atoms with E-state index in [9.17, 15) is 14.7 Å². The number of β-amino-alcohol motifs (C(OH)–C–C–N with tert-alkyl or cyclic N) is 1. The molecule has 0 aliphatic carbocycles. The van der Waals surface area contributed by atoms with Gasteiger partial charge in [0.15, 0.2) is 0 Å². The molecule has 140 valence electrons. The van der Waals surface area contributed by atoms with Gasteiger partial charge in [0.05, 0.1) is 12.1 Å². The molecule has 1 fully saturated rings. The van der Waals surface area contributed by atoms with Crippen LogP contribution >= 0.6 is 0 Å². The minimum absolute atomic E-state index is 0.233. The molecule has 7 nitrogen and oxygen atoms in total. The van der Waals surface area contributed by atoms with Crippen LogP contribution in [-0.2, 0) is 9.53 Å². The van der Waals surface area contributed by atoms with Crippen LogP contribution in [-0.4, -0.2) is 54.0 Å². The summed E-state index contributed by atoms with van der Waals surface area (Å²) in [6.07, 6.45) is 0.868. The van der Waals surface area contributed by atoms with Crippen molar-refractivity contribution in [2.45, 2.75) is 77.7 Å². The second-order valence-corrected chi connectivity index (χ2v) is 7.86. The third-order valence-corrected chi connectivity index (χ3v) is 3.73. The zero-order valence-corrected chi connectivity index (χ0v) is 15.5. The van der Waals surface area contributed by atoms with Crippen molar-refractivity contribution in [1.29, 1.82) is 0 Å². The topological polar surface area (TPSA) is 99.7 Å². The average molecular weight is 343 g/mol. The van der Waals surface area contributed by atoms with E-state index in [4.69, 9.17) is 4.74 Å². The van der Waals surface area contributed by atoms with Gasteiger partial charge in [-0.2, -0.15) is 0 Å². The standard InChI is InChI=1S/C17H33N3O4/c1-11(2)9-13(20-16(23)24-17(3,4)5)15(22)19-12-7-6-8-18-10-14(12)21/h11-14,18,21H,6-10H2,1-5H3,(H,19,22)(H,20,23)/t12-,13+,14?/m1/s1. The van der Waals surface area contributed by atoms with Crippen LogP contribution < -0.4 is 16.0 Å². The molecular formula is C17H33N3O4. The Morgan fingerprint density at radius 1 is 1.33 bits per heavy atom. The fraction of sp³-hybridized carbons (Fsp3) is 0.882. The number of carbonyl (C=O) groups excluding carboxylic acids is 2. The average Bonchev–Trinajstić information content (AvgIpc) is 2.60. The first kappa shape index (κ1) is 20.7. The number of aliphatic hydroxyl groups excluding tert-OH is 1. The van der Waals surface area contributed by atoms with Crippen molar-refractivity contribution < 1.29 is 19.4 Å². The molecule has 1 aliphatic rings. The Labute approximate surface area is 144 Å². The number of hydrogen-bond donors (Lipinski definition) is 4. The molecule has 0 bridgehead atoms. The molecule has 1 unspecified atom stereocenters. The van der Waals surface area contributed by atoms with Gasteiger partial charge in [0.25, 0.3) is 0 Å². The van der Waals surface area contributed by atoms with Crippen molar-refractivity contribution in [3.05, 3.63) is 0 Å². The lowest BCUT2D eigenvalue weighted by Crippen LogP contribution is -2.54. The quantitative estimate of drug-likeness (QED) is 0.600. The number of rotatable bonds is 5. The summed E-state index contributed by atoms with van der Waals surface area (Å²) >= 11 is 0. The predicted octanol–water partition coefficient (Wildman–Crippen LogP) is 1.15. The molecule has 0 radical (unpaired) electrons. The number of carbonyl (C=O) groups is 2. The van der Waals surface area contributed by atoms with Crippen molar-refractivity contribution >= 4 is 12.0 Å². The zero-order chi connectivity index (χ0) is 18.3. The smallest absolute Gasteiger partial charge is 0.408 e. The molecule has 7 heteroatoms. The van der Waals surface area contributed by atoms with Crippen LogP contribution in [0.25, 0.3) is 0 Å². The van der Waals surface area contributed by atoms with E-state index in [1.807, 2.05) is 13.8 Å². The van der Waals surface area contributed by atoms with E-state index in [0.29, 0.717) is 19.4 Å². The molecule has 1 aliphatic heterocycles. The van der Waals surface area contributed by atoms with Gasteiger partial charge in [-0.05, 0) is 52.5 Å². The summed E-state index contributed by atoms with van der Waals surface area (Å²) in [5.41, 5.74) is -0.619. The first-order chi connectivity index (χ1) is 11.1. The van der Waals surface area contributed by atoms with Gasteiger partial charge >= 0.3 is 6.09 Å². The van der Waals surface area contributed by atoms with Gasteiger partial charge in [-0.1, -0.05) is 13.8 Å². The molecule has 1 saturated heterocycles. The van der Waals surface area contributed by atoms with Gasteiger partial charge < -0.3 is 25.8 Å². The molecular weight excluding hydrogens is 310 g/mol. The van der Waals surface area contributed by atoms with E-state index in [0.717, 1.165) is 13.0 Å². The Morgan fingerprint density at radius 2 is 2.00 bits per heavy atom. The fourth-order valence-electron chi connectivity index (χ4n) is 2.64. The van der Waals surface area contributed by atoms with Crippen LogP contribution in [0.1, 0.15) is 53.9 Å². The van der Waals surface area contributed by atoms with Crippen molar-refractivity contribution in [3.63, 3.8) is 0 Å². The molecule has 2 amide bonds. The Bertz CT molecular complexity index is 421. The van der Waals surface area contributed by atoms with E-state index in [-0.39, 0.29) is 17.9 Å². The molecule has 0 aromatic heterocycles. The van der Waals surface area contributed by atoms with Gasteiger partial charge in [-0.25, -0.2) is 4.79 Å². The van der Waals surface area contributed by atoms with Crippen LogP contribution in [0.15, 0.2) is 0 Å². The third kappa shape index (κ3) is 7.97. The molecule has 4 N–H and O–H groups in total. The monoisotopic (exact) mass is 343 g/mol. The third-order valence-electron chi connectivity index (χ3n) is 3.73. The lowest BCUT2D eigenvalue weighted by atomic mass is 10.0. The molecule has 3 atom stereocenters. The maximum atomic E-state index is 12.6. The maximum absolute atomic E-state index is 12.6. The van der Waals surface area contributed by atoms with Crippen molar-refractivity contribution in [2.75, 3.05) is 13.1 Å². The number of alkyl carbamates (subject to hydrolysis) is 1. The van der Waals surface area contributed by atoms with E-state index in [2.05, 4.69) is 16.0 Å². The highest BCUT2D eigenvalue weighted by atomic mass is 16.6. The largest absolute Gasteiger partial charge is 0.444 e. The Hall–Kier alpha value is -1.34. The first-order valence-electron chi connectivity index (χ1n) is 8.77. The summed E-state index contributed by atoms with van der Waals surface area (Å²) in [6.45, 7) is 10.6. The van der Waals surface area contributed by atoms with Gasteiger partial charge in [-0.15, -0.1) is 0 Å². The van der Waals surface area contributed by atoms with Crippen LogP contribution in [0.2, 0.25) is 0 Å². The number of amides is 2. The lowest BCUT2D eigenvalue weighted by molar-refractivity contribution is -0.125. The van der Waals surface area contributed by atoms with Crippen molar-refractivity contribution in [2.24, 2.45) is 5.92 Å². The normalized spacial score (nSPS) is 23.3. The van der Waals surface area contributed by atoms with Gasteiger partial charge in [-0.3, -0.25) is 4.79 Å². The molecule has 0 saturated carbocycles. The zero-order valence-electron chi connectivity index (χ0n) is 15.5. The van der Waals surface area contributed by atoms with Crippen molar-refractivity contribution in [3.8, 4) is 0 Å². The van der Waals surface area contributed by atoms with Gasteiger partial charge in [0, 0.05) is 6.54 Å². The highest BCUT2D eigenvalue weighted by molar-refractivity contribution is 5.85. The van der Waals surface area contributed by atoms with E-state index >= 15 is 0 Å². The van der Waals surface area contributed by atoms with Crippen LogP contribution in [0, 0.1) is 5.92 Å². The highest BCUT2D eigenvalue weighted by Gasteiger charge is 2.29. The first-order valence-corrected chi connectivity index (χ1v) is 8.77. The molecule has 0 aromatic rings. The SMILES string of the molecule is CC(C)C[C@H](NC(=O)OC(C)(C)C)C(=O)N[C@@H]1CCCNCC1O. The summed E-state index contributed by atoms with van der Waals surface area (Å²) in [4.78, 5) is 24.6. The Balaban J connectivity index is 2.68. The number of ether oxygens (including phenoxy) is 1. The summed E-state index contributed by atoms with van der Waals surface area (Å²) in [7, 11) is 0. The van der Waals surface area contributed by atoms with Crippen LogP contribution in [0.3, 0.4) is 0 Å². The fourth-order valence-corrected chi connectivity index (χ4v) is 2.64. The van der Waals surface area contributed by atoms with Crippen LogP contribution in [0.5, 0.6) is 0 Å². The van der Waals surface area contributed by atoms with Crippen LogP contribution in [0.4, 0.5) is 4.79 Å². The second-order valence-electron chi connectivity index (χ2n) is 7.86. The molecule has 24 heavy (non-hydrogen) atoms.